The van der Waals surface area contributed by atoms with E-state index in [1.807, 2.05) is 60.7 Å². The molecule has 1 atom stereocenters. The van der Waals surface area contributed by atoms with Gasteiger partial charge in [0.15, 0.2) is 5.16 Å². The highest BCUT2D eigenvalue weighted by atomic mass is 79.9. The van der Waals surface area contributed by atoms with Crippen LogP contribution >= 0.6 is 27.7 Å². The number of hydrogen-bond acceptors (Lipinski definition) is 5. The van der Waals surface area contributed by atoms with Crippen LogP contribution in [0.1, 0.15) is 36.8 Å². The Morgan fingerprint density at radius 2 is 1.88 bits per heavy atom. The molecule has 0 aliphatic carbocycles. The summed E-state index contributed by atoms with van der Waals surface area (Å²) in [5.74, 6) is 1.78. The summed E-state index contributed by atoms with van der Waals surface area (Å²) in [5, 5.41) is 1.37. The molecule has 2 heterocycles. The molecule has 0 radical (unpaired) electrons. The van der Waals surface area contributed by atoms with Gasteiger partial charge in [-0.1, -0.05) is 84.0 Å². The minimum absolute atomic E-state index is 0.00635. The van der Waals surface area contributed by atoms with Crippen LogP contribution in [0.15, 0.2) is 81.2 Å². The van der Waals surface area contributed by atoms with Crippen LogP contribution in [-0.4, -0.2) is 9.55 Å². The molecule has 5 rings (SSSR count). The minimum Gasteiger partial charge on any atom is -0.460 e. The first kappa shape index (κ1) is 23.1. The fraction of sp³-hybridized carbons (Fsp3) is 0.259. The van der Waals surface area contributed by atoms with Gasteiger partial charge in [0, 0.05) is 33.5 Å². The van der Waals surface area contributed by atoms with E-state index < -0.39 is 6.29 Å². The van der Waals surface area contributed by atoms with Crippen molar-refractivity contribution < 1.29 is 9.47 Å². The Morgan fingerprint density at radius 1 is 1.12 bits per heavy atom. The summed E-state index contributed by atoms with van der Waals surface area (Å²) in [5.41, 5.74) is 3.75. The fourth-order valence-electron chi connectivity index (χ4n) is 4.08. The van der Waals surface area contributed by atoms with Crippen molar-refractivity contribution in [2.45, 2.75) is 44.2 Å². The minimum atomic E-state index is -0.448. The van der Waals surface area contributed by atoms with Gasteiger partial charge < -0.3 is 9.47 Å². The van der Waals surface area contributed by atoms with Gasteiger partial charge >= 0.3 is 0 Å². The number of ether oxygens (including phenoxy) is 2. The summed E-state index contributed by atoms with van der Waals surface area (Å²) in [4.78, 5) is 18.1. The second-order valence-electron chi connectivity index (χ2n) is 8.73. The van der Waals surface area contributed by atoms with Crippen LogP contribution in [-0.2, 0) is 23.6 Å². The van der Waals surface area contributed by atoms with Crippen LogP contribution in [0.2, 0.25) is 0 Å². The molecule has 34 heavy (non-hydrogen) atoms. The maximum atomic E-state index is 13.2. The summed E-state index contributed by atoms with van der Waals surface area (Å²) in [7, 11) is 0. The lowest BCUT2D eigenvalue weighted by molar-refractivity contribution is -0.111. The molecule has 1 aliphatic rings. The van der Waals surface area contributed by atoms with Gasteiger partial charge in [0.05, 0.1) is 17.5 Å². The van der Waals surface area contributed by atoms with E-state index in [4.69, 9.17) is 14.5 Å². The molecule has 0 N–H and O–H groups in total. The van der Waals surface area contributed by atoms with Gasteiger partial charge in [0.1, 0.15) is 5.75 Å². The Bertz CT molecular complexity index is 1390. The van der Waals surface area contributed by atoms with Gasteiger partial charge in [-0.25, -0.2) is 4.98 Å². The van der Waals surface area contributed by atoms with Crippen LogP contribution in [0.4, 0.5) is 0 Å². The first-order chi connectivity index (χ1) is 16.5. The van der Waals surface area contributed by atoms with Crippen LogP contribution in [0.5, 0.6) is 5.75 Å². The number of nitrogens with zero attached hydrogens (tertiary/aromatic N) is 2. The Hall–Kier alpha value is -2.61. The van der Waals surface area contributed by atoms with E-state index >= 15 is 0 Å². The van der Waals surface area contributed by atoms with Crippen molar-refractivity contribution in [1.82, 2.24) is 9.55 Å². The third-order valence-electron chi connectivity index (χ3n) is 5.63. The zero-order valence-corrected chi connectivity index (χ0v) is 21.4. The first-order valence-electron chi connectivity index (χ1n) is 11.3. The number of halogens is 1. The number of aromatic nitrogens is 2. The Balaban J connectivity index is 1.48. The van der Waals surface area contributed by atoms with Gasteiger partial charge in [0.25, 0.3) is 5.56 Å². The highest BCUT2D eigenvalue weighted by molar-refractivity contribution is 9.10. The monoisotopic (exact) mass is 536 g/mol. The number of hydrogen-bond donors (Lipinski definition) is 0. The van der Waals surface area contributed by atoms with Gasteiger partial charge in [-0.05, 0) is 30.2 Å². The molecule has 5 nitrogen and oxygen atoms in total. The molecule has 174 valence electrons. The van der Waals surface area contributed by atoms with Gasteiger partial charge in [-0.2, -0.15) is 0 Å². The second kappa shape index (κ2) is 9.94. The van der Waals surface area contributed by atoms with Crippen LogP contribution < -0.4 is 10.3 Å². The van der Waals surface area contributed by atoms with Crippen LogP contribution in [0.3, 0.4) is 0 Å². The van der Waals surface area contributed by atoms with E-state index in [9.17, 15) is 4.79 Å². The van der Waals surface area contributed by atoms with E-state index in [0.717, 1.165) is 37.6 Å². The van der Waals surface area contributed by atoms with E-state index in [2.05, 4.69) is 35.8 Å². The van der Waals surface area contributed by atoms with Crippen molar-refractivity contribution in [3.63, 3.8) is 0 Å². The van der Waals surface area contributed by atoms with Crippen molar-refractivity contribution in [2.24, 2.45) is 5.92 Å². The zero-order chi connectivity index (χ0) is 23.7. The lowest BCUT2D eigenvalue weighted by atomic mass is 10.1. The summed E-state index contributed by atoms with van der Waals surface area (Å²) in [6.45, 7) is 5.31. The lowest BCUT2D eigenvalue weighted by Crippen LogP contribution is -2.25. The SMILES string of the molecule is CC(C)Cn1c(SCc2cc(Br)cc3c2O[C@@H](c2ccccc2)OC3)nc2ccccc2c1=O. The zero-order valence-electron chi connectivity index (χ0n) is 19.0. The molecule has 0 fully saturated rings. The highest BCUT2D eigenvalue weighted by Gasteiger charge is 2.25. The second-order valence-corrected chi connectivity index (χ2v) is 10.6. The van der Waals surface area contributed by atoms with Gasteiger partial charge in [-0.3, -0.25) is 9.36 Å². The number of fused-ring (bicyclic) bond motifs is 2. The topological polar surface area (TPSA) is 53.4 Å². The smallest absolute Gasteiger partial charge is 0.262 e. The molecule has 0 spiro atoms. The normalized spacial score (nSPS) is 15.4. The molecular formula is C27H25BrN2O3S. The molecule has 0 saturated heterocycles. The summed E-state index contributed by atoms with van der Waals surface area (Å²) in [6, 6.07) is 21.6. The predicted octanol–water partition coefficient (Wildman–Crippen LogP) is 6.72. The third kappa shape index (κ3) is 4.78. The van der Waals surface area contributed by atoms with Crippen molar-refractivity contribution in [1.29, 1.82) is 0 Å². The number of para-hydroxylation sites is 1. The molecule has 0 unspecified atom stereocenters. The average Bonchev–Trinajstić information content (AvgIpc) is 2.84. The number of benzene rings is 3. The van der Waals surface area contributed by atoms with E-state index in [0.29, 0.717) is 30.2 Å². The maximum Gasteiger partial charge on any atom is 0.262 e. The molecule has 0 amide bonds. The lowest BCUT2D eigenvalue weighted by Gasteiger charge is -2.28. The van der Waals surface area contributed by atoms with Gasteiger partial charge in [-0.15, -0.1) is 0 Å². The predicted molar refractivity (Wildman–Crippen MR) is 139 cm³/mol. The van der Waals surface area contributed by atoms with Crippen molar-refractivity contribution in [3.05, 3.63) is 98.2 Å². The summed E-state index contributed by atoms with van der Waals surface area (Å²) in [6.07, 6.45) is -0.448. The van der Waals surface area contributed by atoms with Gasteiger partial charge in [0.2, 0.25) is 6.29 Å². The largest absolute Gasteiger partial charge is 0.460 e. The Morgan fingerprint density at radius 3 is 2.68 bits per heavy atom. The molecule has 7 heteroatoms. The van der Waals surface area contributed by atoms with Crippen LogP contribution in [0.25, 0.3) is 10.9 Å². The van der Waals surface area contributed by atoms with E-state index in [-0.39, 0.29) is 5.56 Å². The molecule has 4 aromatic rings. The summed E-state index contributed by atoms with van der Waals surface area (Å²) < 4.78 is 15.1. The fourth-order valence-corrected chi connectivity index (χ4v) is 5.61. The average molecular weight is 537 g/mol. The van der Waals surface area contributed by atoms with Crippen molar-refractivity contribution in [3.8, 4) is 5.75 Å². The number of rotatable bonds is 6. The van der Waals surface area contributed by atoms with E-state index in [1.165, 1.54) is 0 Å². The highest BCUT2D eigenvalue weighted by Crippen LogP contribution is 2.40. The third-order valence-corrected chi connectivity index (χ3v) is 7.11. The molecule has 3 aromatic carbocycles. The molecule has 0 saturated carbocycles. The standard InChI is InChI=1S/C27H25BrN2O3S/c1-17(2)14-30-25(31)22-10-6-7-11-23(22)29-27(30)34-16-20-13-21(28)12-19-15-32-26(33-24(19)20)18-8-4-3-5-9-18/h3-13,17,26H,14-16H2,1-2H3/t26-/m0/s1. The summed E-state index contributed by atoms with van der Waals surface area (Å²) >= 11 is 5.19. The Kier molecular flexibility index (Phi) is 6.77. The molecule has 1 aromatic heterocycles. The molecule has 1 aliphatic heterocycles. The van der Waals surface area contributed by atoms with Crippen molar-refractivity contribution >= 4 is 38.6 Å². The number of thioether (sulfide) groups is 1. The van der Waals surface area contributed by atoms with Crippen LogP contribution in [0, 0.1) is 5.92 Å². The molecular weight excluding hydrogens is 512 g/mol. The first-order valence-corrected chi connectivity index (χ1v) is 13.0. The van der Waals surface area contributed by atoms with Crippen molar-refractivity contribution in [2.75, 3.05) is 0 Å². The maximum absolute atomic E-state index is 13.2. The van der Waals surface area contributed by atoms with E-state index in [1.54, 1.807) is 16.3 Å². The quantitative estimate of drug-likeness (QED) is 0.202. The Labute approximate surface area is 211 Å². The molecule has 0 bridgehead atoms.